The van der Waals surface area contributed by atoms with Gasteiger partial charge in [-0.1, -0.05) is 25.5 Å². The van der Waals surface area contributed by atoms with Crippen LogP contribution in [-0.2, 0) is 11.2 Å². The Hall–Kier alpha value is -1.51. The Morgan fingerprint density at radius 1 is 1.35 bits per heavy atom. The van der Waals surface area contributed by atoms with E-state index in [1.165, 1.54) is 5.56 Å². The first kappa shape index (κ1) is 13.6. The van der Waals surface area contributed by atoms with Crippen LogP contribution in [0.2, 0.25) is 0 Å². The van der Waals surface area contributed by atoms with Gasteiger partial charge >= 0.3 is 5.97 Å². The molecule has 0 heterocycles. The molecule has 1 N–H and O–H groups in total. The zero-order chi connectivity index (χ0) is 12.7. The minimum absolute atomic E-state index is 0.0666. The Balaban J connectivity index is 2.42. The van der Waals surface area contributed by atoms with Crippen molar-refractivity contribution in [3.8, 4) is 5.75 Å². The molecule has 0 aliphatic carbocycles. The molecule has 0 saturated heterocycles. The average molecular weight is 236 g/mol. The minimum Gasteiger partial charge on any atom is -0.491 e. The van der Waals surface area contributed by atoms with Crippen LogP contribution < -0.4 is 4.74 Å². The SMILES string of the molecule is CCCc1ccc(OC(C)CCC(=O)O)cc1. The largest absolute Gasteiger partial charge is 0.491 e. The second-order valence-electron chi connectivity index (χ2n) is 4.25. The number of carboxylic acid groups (broad SMARTS) is 1. The van der Waals surface area contributed by atoms with Gasteiger partial charge in [-0.3, -0.25) is 4.79 Å². The van der Waals surface area contributed by atoms with Crippen LogP contribution in [0.3, 0.4) is 0 Å². The van der Waals surface area contributed by atoms with Crippen molar-refractivity contribution in [1.29, 1.82) is 0 Å². The van der Waals surface area contributed by atoms with Crippen LogP contribution in [0.15, 0.2) is 24.3 Å². The Morgan fingerprint density at radius 3 is 2.53 bits per heavy atom. The second kappa shape index (κ2) is 6.94. The van der Waals surface area contributed by atoms with Crippen molar-refractivity contribution >= 4 is 5.97 Å². The fourth-order valence-electron chi connectivity index (χ4n) is 1.64. The van der Waals surface area contributed by atoms with Crippen molar-refractivity contribution in [2.24, 2.45) is 0 Å². The fourth-order valence-corrected chi connectivity index (χ4v) is 1.64. The smallest absolute Gasteiger partial charge is 0.303 e. The fraction of sp³-hybridized carbons (Fsp3) is 0.500. The van der Waals surface area contributed by atoms with Gasteiger partial charge in [0.2, 0.25) is 0 Å². The molecule has 0 aliphatic heterocycles. The number of benzene rings is 1. The molecule has 0 spiro atoms. The summed E-state index contributed by atoms with van der Waals surface area (Å²) in [6.07, 6.45) is 2.83. The van der Waals surface area contributed by atoms with E-state index < -0.39 is 5.97 Å². The lowest BCUT2D eigenvalue weighted by atomic mass is 10.1. The first-order valence-electron chi connectivity index (χ1n) is 6.09. The molecule has 3 heteroatoms. The molecule has 3 nitrogen and oxygen atoms in total. The van der Waals surface area contributed by atoms with E-state index in [0.717, 1.165) is 18.6 Å². The third-order valence-corrected chi connectivity index (χ3v) is 2.56. The van der Waals surface area contributed by atoms with Crippen LogP contribution in [0, 0.1) is 0 Å². The summed E-state index contributed by atoms with van der Waals surface area (Å²) in [6.45, 7) is 4.04. The first-order valence-corrected chi connectivity index (χ1v) is 6.09. The molecule has 1 atom stereocenters. The van der Waals surface area contributed by atoms with Gasteiger partial charge in [-0.15, -0.1) is 0 Å². The van der Waals surface area contributed by atoms with Crippen molar-refractivity contribution in [3.05, 3.63) is 29.8 Å². The van der Waals surface area contributed by atoms with Gasteiger partial charge in [0, 0.05) is 6.42 Å². The monoisotopic (exact) mass is 236 g/mol. The Labute approximate surface area is 102 Å². The van der Waals surface area contributed by atoms with E-state index in [1.54, 1.807) is 0 Å². The summed E-state index contributed by atoms with van der Waals surface area (Å²) in [5.41, 5.74) is 1.30. The zero-order valence-corrected chi connectivity index (χ0v) is 10.5. The van der Waals surface area contributed by atoms with Crippen molar-refractivity contribution in [2.75, 3.05) is 0 Å². The van der Waals surface area contributed by atoms with Gasteiger partial charge in [0.05, 0.1) is 6.10 Å². The van der Waals surface area contributed by atoms with E-state index in [9.17, 15) is 4.79 Å². The van der Waals surface area contributed by atoms with Gasteiger partial charge in [-0.2, -0.15) is 0 Å². The van der Waals surface area contributed by atoms with Crippen molar-refractivity contribution in [3.63, 3.8) is 0 Å². The van der Waals surface area contributed by atoms with E-state index in [1.807, 2.05) is 19.1 Å². The van der Waals surface area contributed by atoms with Crippen molar-refractivity contribution < 1.29 is 14.6 Å². The predicted octanol–water partition coefficient (Wildman–Crippen LogP) is 3.27. The average Bonchev–Trinajstić information content (AvgIpc) is 2.29. The summed E-state index contributed by atoms with van der Waals surface area (Å²) in [7, 11) is 0. The quantitative estimate of drug-likeness (QED) is 0.790. The van der Waals surface area contributed by atoms with Crippen LogP contribution in [0.5, 0.6) is 5.75 Å². The van der Waals surface area contributed by atoms with E-state index in [-0.39, 0.29) is 12.5 Å². The lowest BCUT2D eigenvalue weighted by molar-refractivity contribution is -0.137. The number of carboxylic acids is 1. The number of hydrogen-bond donors (Lipinski definition) is 1. The standard InChI is InChI=1S/C14H20O3/c1-3-4-12-6-8-13(9-7-12)17-11(2)5-10-14(15)16/h6-9,11H,3-5,10H2,1-2H3,(H,15,16). The number of aliphatic carboxylic acids is 1. The molecular weight excluding hydrogens is 216 g/mol. The van der Waals surface area contributed by atoms with Gasteiger partial charge in [-0.25, -0.2) is 0 Å². The molecule has 0 fully saturated rings. The highest BCUT2D eigenvalue weighted by Gasteiger charge is 2.06. The molecule has 0 amide bonds. The van der Waals surface area contributed by atoms with Gasteiger partial charge in [-0.05, 0) is 37.5 Å². The number of carbonyl (C=O) groups is 1. The third-order valence-electron chi connectivity index (χ3n) is 2.56. The number of aryl methyl sites for hydroxylation is 1. The van der Waals surface area contributed by atoms with Crippen LogP contribution in [0.4, 0.5) is 0 Å². The highest BCUT2D eigenvalue weighted by molar-refractivity contribution is 5.66. The molecular formula is C14H20O3. The second-order valence-corrected chi connectivity index (χ2v) is 4.25. The lowest BCUT2D eigenvalue weighted by Gasteiger charge is -2.13. The van der Waals surface area contributed by atoms with E-state index in [2.05, 4.69) is 19.1 Å². The minimum atomic E-state index is -0.779. The summed E-state index contributed by atoms with van der Waals surface area (Å²) in [5.74, 6) is 0.0292. The molecule has 1 unspecified atom stereocenters. The van der Waals surface area contributed by atoms with Crippen LogP contribution in [-0.4, -0.2) is 17.2 Å². The summed E-state index contributed by atoms with van der Waals surface area (Å²) in [6, 6.07) is 8.01. The molecule has 0 aliphatic rings. The zero-order valence-electron chi connectivity index (χ0n) is 10.5. The Bertz CT molecular complexity index is 343. The Morgan fingerprint density at radius 2 is 2.00 bits per heavy atom. The van der Waals surface area contributed by atoms with Crippen LogP contribution in [0.1, 0.15) is 38.7 Å². The molecule has 1 aromatic rings. The maximum absolute atomic E-state index is 10.4. The van der Waals surface area contributed by atoms with Crippen LogP contribution in [0.25, 0.3) is 0 Å². The van der Waals surface area contributed by atoms with Crippen molar-refractivity contribution in [2.45, 2.75) is 45.6 Å². The topological polar surface area (TPSA) is 46.5 Å². The molecule has 1 aromatic carbocycles. The highest BCUT2D eigenvalue weighted by atomic mass is 16.5. The van der Waals surface area contributed by atoms with E-state index in [0.29, 0.717) is 6.42 Å². The predicted molar refractivity (Wildman–Crippen MR) is 67.4 cm³/mol. The van der Waals surface area contributed by atoms with Gasteiger partial charge in [0.25, 0.3) is 0 Å². The maximum atomic E-state index is 10.4. The number of ether oxygens (including phenoxy) is 1. The van der Waals surface area contributed by atoms with Gasteiger partial charge in [0.1, 0.15) is 5.75 Å². The van der Waals surface area contributed by atoms with E-state index >= 15 is 0 Å². The molecule has 0 bridgehead atoms. The van der Waals surface area contributed by atoms with Crippen molar-refractivity contribution in [1.82, 2.24) is 0 Å². The molecule has 0 saturated carbocycles. The first-order chi connectivity index (χ1) is 8.11. The highest BCUT2D eigenvalue weighted by Crippen LogP contribution is 2.16. The molecule has 0 radical (unpaired) electrons. The van der Waals surface area contributed by atoms with Gasteiger partial charge < -0.3 is 9.84 Å². The number of hydrogen-bond acceptors (Lipinski definition) is 2. The summed E-state index contributed by atoms with van der Waals surface area (Å²) >= 11 is 0. The summed E-state index contributed by atoms with van der Waals surface area (Å²) < 4.78 is 5.63. The van der Waals surface area contributed by atoms with Crippen LogP contribution >= 0.6 is 0 Å². The molecule has 17 heavy (non-hydrogen) atoms. The maximum Gasteiger partial charge on any atom is 0.303 e. The Kier molecular flexibility index (Phi) is 5.53. The summed E-state index contributed by atoms with van der Waals surface area (Å²) in [4.78, 5) is 10.4. The van der Waals surface area contributed by atoms with E-state index in [4.69, 9.17) is 9.84 Å². The summed E-state index contributed by atoms with van der Waals surface area (Å²) in [5, 5.41) is 8.57. The molecule has 0 aromatic heterocycles. The molecule has 94 valence electrons. The normalized spacial score (nSPS) is 12.1. The van der Waals surface area contributed by atoms with Gasteiger partial charge in [0.15, 0.2) is 0 Å². The molecule has 1 rings (SSSR count). The third kappa shape index (κ3) is 5.38. The number of rotatable bonds is 7. The lowest BCUT2D eigenvalue weighted by Crippen LogP contribution is -2.13.